The predicted octanol–water partition coefficient (Wildman–Crippen LogP) is 2.73. The Labute approximate surface area is 162 Å². The highest BCUT2D eigenvalue weighted by Crippen LogP contribution is 2.24. The van der Waals surface area contributed by atoms with Crippen LogP contribution in [0.4, 0.5) is 0 Å². The Morgan fingerprint density at radius 3 is 2.56 bits per heavy atom. The summed E-state index contributed by atoms with van der Waals surface area (Å²) in [6.07, 6.45) is 2.83. The van der Waals surface area contributed by atoms with Crippen LogP contribution in [0.2, 0.25) is 0 Å². The molecule has 1 aromatic carbocycles. The van der Waals surface area contributed by atoms with E-state index in [1.807, 2.05) is 54.4 Å². The summed E-state index contributed by atoms with van der Waals surface area (Å²) in [7, 11) is 3.97. The van der Waals surface area contributed by atoms with E-state index in [0.29, 0.717) is 0 Å². The topological polar surface area (TPSA) is 39.7 Å². The van der Waals surface area contributed by atoms with Gasteiger partial charge >= 0.3 is 0 Å². The lowest BCUT2D eigenvalue weighted by atomic mass is 9.99. The van der Waals surface area contributed by atoms with Crippen LogP contribution >= 0.6 is 0 Å². The lowest BCUT2D eigenvalue weighted by Gasteiger charge is -2.31. The first-order valence-electron chi connectivity index (χ1n) is 9.69. The summed E-state index contributed by atoms with van der Waals surface area (Å²) < 4.78 is 0. The minimum Gasteiger partial charge on any atom is -0.340 e. The van der Waals surface area contributed by atoms with Crippen LogP contribution in [0.1, 0.15) is 29.3 Å². The van der Waals surface area contributed by atoms with Crippen LogP contribution in [0.25, 0.3) is 0 Å². The summed E-state index contributed by atoms with van der Waals surface area (Å²) in [5, 5.41) is 0. The highest BCUT2D eigenvalue weighted by molar-refractivity contribution is 5.83. The van der Waals surface area contributed by atoms with E-state index >= 15 is 0 Å². The summed E-state index contributed by atoms with van der Waals surface area (Å²) in [6, 6.07) is 14.0. The Morgan fingerprint density at radius 2 is 1.85 bits per heavy atom. The number of hydrogen-bond acceptors (Lipinski definition) is 4. The van der Waals surface area contributed by atoms with Gasteiger partial charge in [0, 0.05) is 38.9 Å². The first-order chi connectivity index (χ1) is 13.1. The van der Waals surface area contributed by atoms with E-state index in [4.69, 9.17) is 0 Å². The van der Waals surface area contributed by atoms with Crippen LogP contribution < -0.4 is 0 Å². The fourth-order valence-electron chi connectivity index (χ4n) is 3.77. The van der Waals surface area contributed by atoms with Gasteiger partial charge in [0.05, 0.1) is 5.69 Å². The molecule has 5 heteroatoms. The number of likely N-dealkylation sites (N-methyl/N-ethyl adjacent to an activating group) is 1. The zero-order valence-corrected chi connectivity index (χ0v) is 16.6. The van der Waals surface area contributed by atoms with Crippen LogP contribution in [-0.4, -0.2) is 65.9 Å². The largest absolute Gasteiger partial charge is 0.340 e. The third-order valence-electron chi connectivity index (χ3n) is 5.25. The summed E-state index contributed by atoms with van der Waals surface area (Å²) in [4.78, 5) is 24.3. The van der Waals surface area contributed by atoms with E-state index in [-0.39, 0.29) is 11.9 Å². The molecule has 2 heterocycles. The molecule has 0 radical (unpaired) electrons. The molecule has 3 rings (SSSR count). The standard InChI is InChI=1S/C22H30N4O/c1-18-9-4-5-11-20(18)21(24(2)3)22(27)26-14-8-13-25(15-16-26)17-19-10-6-7-12-23-19/h4-7,9-12,21H,8,13-17H2,1-3H3/t21-/m1/s1. The number of nitrogens with zero attached hydrogens (tertiary/aromatic N) is 4. The first kappa shape index (κ1) is 19.5. The van der Waals surface area contributed by atoms with Gasteiger partial charge in [0.15, 0.2) is 0 Å². The van der Waals surface area contributed by atoms with Gasteiger partial charge in [-0.05, 0) is 50.7 Å². The van der Waals surface area contributed by atoms with Crippen molar-refractivity contribution in [2.45, 2.75) is 25.9 Å². The zero-order valence-electron chi connectivity index (χ0n) is 16.6. The number of rotatable bonds is 5. The number of benzene rings is 1. The van der Waals surface area contributed by atoms with E-state index in [1.54, 1.807) is 0 Å². The Kier molecular flexibility index (Phi) is 6.58. The molecule has 0 saturated carbocycles. The molecule has 27 heavy (non-hydrogen) atoms. The Hall–Kier alpha value is -2.24. The summed E-state index contributed by atoms with van der Waals surface area (Å²) in [5.41, 5.74) is 3.35. The van der Waals surface area contributed by atoms with E-state index < -0.39 is 0 Å². The molecule has 0 aliphatic carbocycles. The predicted molar refractivity (Wildman–Crippen MR) is 108 cm³/mol. The van der Waals surface area contributed by atoms with Crippen molar-refractivity contribution in [1.82, 2.24) is 19.7 Å². The number of aryl methyl sites for hydroxylation is 1. The van der Waals surface area contributed by atoms with E-state index in [0.717, 1.165) is 56.0 Å². The van der Waals surface area contributed by atoms with Gasteiger partial charge in [0.1, 0.15) is 6.04 Å². The average Bonchev–Trinajstić information content (AvgIpc) is 2.90. The smallest absolute Gasteiger partial charge is 0.244 e. The number of hydrogen-bond donors (Lipinski definition) is 0. The number of aromatic nitrogens is 1. The molecule has 1 amide bonds. The van der Waals surface area contributed by atoms with Crippen LogP contribution in [0, 0.1) is 6.92 Å². The van der Waals surface area contributed by atoms with Crippen molar-refractivity contribution in [3.63, 3.8) is 0 Å². The second-order valence-corrected chi connectivity index (χ2v) is 7.50. The SMILES string of the molecule is Cc1ccccc1[C@H](C(=O)N1CCCN(Cc2ccccn2)CC1)N(C)C. The molecule has 1 aromatic heterocycles. The normalized spacial score (nSPS) is 17.0. The number of carbonyl (C=O) groups excluding carboxylic acids is 1. The number of amides is 1. The molecule has 0 bridgehead atoms. The van der Waals surface area contributed by atoms with Gasteiger partial charge in [0.2, 0.25) is 5.91 Å². The molecule has 5 nitrogen and oxygen atoms in total. The van der Waals surface area contributed by atoms with Gasteiger partial charge in [-0.25, -0.2) is 0 Å². The maximum atomic E-state index is 13.4. The third kappa shape index (κ3) is 4.93. The van der Waals surface area contributed by atoms with Gasteiger partial charge < -0.3 is 4.90 Å². The molecule has 1 fully saturated rings. The fraction of sp³-hybridized carbons (Fsp3) is 0.455. The van der Waals surface area contributed by atoms with Crippen LogP contribution in [0.15, 0.2) is 48.7 Å². The van der Waals surface area contributed by atoms with Gasteiger partial charge in [-0.1, -0.05) is 30.3 Å². The van der Waals surface area contributed by atoms with Gasteiger partial charge in [-0.15, -0.1) is 0 Å². The quantitative estimate of drug-likeness (QED) is 0.816. The molecule has 2 aromatic rings. The molecule has 0 N–H and O–H groups in total. The zero-order chi connectivity index (χ0) is 19.2. The molecular weight excluding hydrogens is 336 g/mol. The van der Waals surface area contributed by atoms with Crippen molar-refractivity contribution in [2.75, 3.05) is 40.3 Å². The Morgan fingerprint density at radius 1 is 1.07 bits per heavy atom. The molecule has 0 unspecified atom stereocenters. The lowest BCUT2D eigenvalue weighted by molar-refractivity contribution is -0.136. The highest BCUT2D eigenvalue weighted by Gasteiger charge is 2.30. The van der Waals surface area contributed by atoms with Crippen molar-refractivity contribution in [2.24, 2.45) is 0 Å². The van der Waals surface area contributed by atoms with Crippen molar-refractivity contribution < 1.29 is 4.79 Å². The minimum absolute atomic E-state index is 0.203. The van der Waals surface area contributed by atoms with E-state index in [1.165, 1.54) is 0 Å². The molecule has 1 aliphatic rings. The number of pyridine rings is 1. The van der Waals surface area contributed by atoms with Crippen LogP contribution in [-0.2, 0) is 11.3 Å². The van der Waals surface area contributed by atoms with Crippen LogP contribution in [0.3, 0.4) is 0 Å². The minimum atomic E-state index is -0.228. The molecule has 1 aliphatic heterocycles. The summed E-state index contributed by atoms with van der Waals surface area (Å²) >= 11 is 0. The van der Waals surface area contributed by atoms with E-state index in [9.17, 15) is 4.79 Å². The average molecular weight is 367 g/mol. The molecule has 1 atom stereocenters. The van der Waals surface area contributed by atoms with Crippen molar-refractivity contribution in [3.8, 4) is 0 Å². The Balaban J connectivity index is 1.68. The molecule has 0 spiro atoms. The number of carbonyl (C=O) groups is 1. The molecular formula is C22H30N4O. The van der Waals surface area contributed by atoms with Crippen molar-refractivity contribution >= 4 is 5.91 Å². The second-order valence-electron chi connectivity index (χ2n) is 7.50. The second kappa shape index (κ2) is 9.11. The maximum absolute atomic E-state index is 13.4. The third-order valence-corrected chi connectivity index (χ3v) is 5.25. The highest BCUT2D eigenvalue weighted by atomic mass is 16.2. The van der Waals surface area contributed by atoms with Gasteiger partial charge in [-0.3, -0.25) is 19.6 Å². The van der Waals surface area contributed by atoms with Gasteiger partial charge in [0.25, 0.3) is 0 Å². The summed E-state index contributed by atoms with van der Waals surface area (Å²) in [6.45, 7) is 6.39. The van der Waals surface area contributed by atoms with Crippen molar-refractivity contribution in [1.29, 1.82) is 0 Å². The van der Waals surface area contributed by atoms with Gasteiger partial charge in [-0.2, -0.15) is 0 Å². The Bertz CT molecular complexity index is 747. The van der Waals surface area contributed by atoms with Crippen LogP contribution in [0.5, 0.6) is 0 Å². The molecule has 144 valence electrons. The monoisotopic (exact) mass is 366 g/mol. The first-order valence-corrected chi connectivity index (χ1v) is 9.69. The maximum Gasteiger partial charge on any atom is 0.244 e. The van der Waals surface area contributed by atoms with E-state index in [2.05, 4.69) is 35.0 Å². The fourth-order valence-corrected chi connectivity index (χ4v) is 3.77. The lowest BCUT2D eigenvalue weighted by Crippen LogP contribution is -2.42. The molecule has 1 saturated heterocycles. The van der Waals surface area contributed by atoms with Crippen molar-refractivity contribution in [3.05, 3.63) is 65.5 Å². The summed E-state index contributed by atoms with van der Waals surface area (Å²) in [5.74, 6) is 0.203.